The van der Waals surface area contributed by atoms with Crippen LogP contribution in [0.25, 0.3) is 0 Å². The second kappa shape index (κ2) is 6.82. The Morgan fingerprint density at radius 1 is 1.07 bits per heavy atom. The zero-order valence-electron chi connectivity index (χ0n) is 9.24. The normalized spacial score (nSPS) is 18.5. The Balaban J connectivity index is 2.01. The molecule has 0 aromatic heterocycles. The number of amides is 1. The molecule has 1 heterocycles. The predicted molar refractivity (Wildman–Crippen MR) is 58.2 cm³/mol. The monoisotopic (exact) mass is 198 g/mol. The van der Waals surface area contributed by atoms with Gasteiger partial charge in [-0.25, -0.2) is 0 Å². The van der Waals surface area contributed by atoms with Crippen molar-refractivity contribution in [2.24, 2.45) is 0 Å². The average Bonchev–Trinajstić information content (AvgIpc) is 2.25. The summed E-state index contributed by atoms with van der Waals surface area (Å²) in [6.07, 6.45) is 6.29. The van der Waals surface area contributed by atoms with Crippen LogP contribution in [0.2, 0.25) is 0 Å². The van der Waals surface area contributed by atoms with Crippen LogP contribution in [0.4, 0.5) is 0 Å². The number of rotatable bonds is 6. The van der Waals surface area contributed by atoms with Crippen molar-refractivity contribution < 1.29 is 4.79 Å². The minimum Gasteiger partial charge on any atom is -0.343 e. The summed E-state index contributed by atoms with van der Waals surface area (Å²) in [6, 6.07) is 0. The van der Waals surface area contributed by atoms with Crippen LogP contribution in [0.1, 0.15) is 32.6 Å². The lowest BCUT2D eigenvalue weighted by atomic mass is 10.2. The van der Waals surface area contributed by atoms with E-state index in [4.69, 9.17) is 0 Å². The molecular weight excluding hydrogens is 176 g/mol. The van der Waals surface area contributed by atoms with Crippen LogP contribution < -0.4 is 0 Å². The van der Waals surface area contributed by atoms with Crippen molar-refractivity contribution in [1.29, 1.82) is 0 Å². The first-order valence-corrected chi connectivity index (χ1v) is 5.78. The van der Waals surface area contributed by atoms with Crippen LogP contribution in [0.5, 0.6) is 0 Å². The van der Waals surface area contributed by atoms with Crippen LogP contribution in [0.3, 0.4) is 0 Å². The second-order valence-corrected chi connectivity index (χ2v) is 4.04. The summed E-state index contributed by atoms with van der Waals surface area (Å²) >= 11 is 0. The molecule has 0 aromatic carbocycles. The van der Waals surface area contributed by atoms with E-state index < -0.39 is 0 Å². The number of unbranched alkanes of at least 4 members (excludes halogenated alkanes) is 3. The quantitative estimate of drug-likeness (QED) is 0.475. The number of hydrogen-bond acceptors (Lipinski definition) is 2. The SMILES string of the molecule is CCCCCCN1CCN(C=O)CC1. The molecule has 0 spiro atoms. The molecule has 3 heteroatoms. The molecule has 0 saturated carbocycles. The van der Waals surface area contributed by atoms with Crippen LogP contribution in [0, 0.1) is 0 Å². The second-order valence-electron chi connectivity index (χ2n) is 4.04. The lowest BCUT2D eigenvalue weighted by Crippen LogP contribution is -2.45. The standard InChI is InChI=1S/C11H22N2O/c1-2-3-4-5-6-12-7-9-13(11-14)10-8-12/h11H,2-10H2,1H3. The highest BCUT2D eigenvalue weighted by atomic mass is 16.1. The molecule has 0 unspecified atom stereocenters. The summed E-state index contributed by atoms with van der Waals surface area (Å²) in [5.41, 5.74) is 0. The maximum atomic E-state index is 10.5. The smallest absolute Gasteiger partial charge is 0.209 e. The predicted octanol–water partition coefficient (Wildman–Crippen LogP) is 1.34. The number of carbonyl (C=O) groups excluding carboxylic acids is 1. The van der Waals surface area contributed by atoms with Crippen molar-refractivity contribution in [3.05, 3.63) is 0 Å². The van der Waals surface area contributed by atoms with Gasteiger partial charge in [0, 0.05) is 26.2 Å². The van der Waals surface area contributed by atoms with E-state index in [1.807, 2.05) is 4.90 Å². The molecule has 1 fully saturated rings. The Bertz CT molecular complexity index is 153. The van der Waals surface area contributed by atoms with Gasteiger partial charge in [-0.05, 0) is 13.0 Å². The van der Waals surface area contributed by atoms with Gasteiger partial charge in [0.15, 0.2) is 0 Å². The molecule has 0 aromatic rings. The Kier molecular flexibility index (Phi) is 5.60. The van der Waals surface area contributed by atoms with E-state index in [0.29, 0.717) is 0 Å². The molecule has 1 aliphatic heterocycles. The fraction of sp³-hybridized carbons (Fsp3) is 0.909. The molecule has 0 radical (unpaired) electrons. The molecule has 0 N–H and O–H groups in total. The number of piperazine rings is 1. The molecule has 1 saturated heterocycles. The lowest BCUT2D eigenvalue weighted by Gasteiger charge is -2.32. The average molecular weight is 198 g/mol. The minimum atomic E-state index is 0.914. The molecular formula is C11H22N2O. The first kappa shape index (κ1) is 11.5. The Hall–Kier alpha value is -0.570. The number of carbonyl (C=O) groups is 1. The summed E-state index contributed by atoms with van der Waals surface area (Å²) in [5.74, 6) is 0. The largest absolute Gasteiger partial charge is 0.343 e. The molecule has 1 amide bonds. The zero-order valence-corrected chi connectivity index (χ0v) is 9.24. The first-order valence-electron chi connectivity index (χ1n) is 5.78. The molecule has 0 aliphatic carbocycles. The number of nitrogens with zero attached hydrogens (tertiary/aromatic N) is 2. The summed E-state index contributed by atoms with van der Waals surface area (Å²) in [7, 11) is 0. The Labute approximate surface area is 87.1 Å². The van der Waals surface area contributed by atoms with E-state index >= 15 is 0 Å². The molecule has 3 nitrogen and oxygen atoms in total. The van der Waals surface area contributed by atoms with Gasteiger partial charge in [-0.2, -0.15) is 0 Å². The summed E-state index contributed by atoms with van der Waals surface area (Å²) in [5, 5.41) is 0. The highest BCUT2D eigenvalue weighted by Crippen LogP contribution is 2.04. The fourth-order valence-electron chi connectivity index (χ4n) is 1.85. The Morgan fingerprint density at radius 2 is 1.79 bits per heavy atom. The molecule has 1 rings (SSSR count). The summed E-state index contributed by atoms with van der Waals surface area (Å²) in [4.78, 5) is 14.8. The van der Waals surface area contributed by atoms with Crippen LogP contribution in [-0.4, -0.2) is 48.9 Å². The van der Waals surface area contributed by atoms with E-state index in [1.165, 1.54) is 32.2 Å². The van der Waals surface area contributed by atoms with Crippen LogP contribution >= 0.6 is 0 Å². The van der Waals surface area contributed by atoms with Gasteiger partial charge in [0.1, 0.15) is 0 Å². The van der Waals surface area contributed by atoms with Crippen molar-refractivity contribution in [2.45, 2.75) is 32.6 Å². The van der Waals surface area contributed by atoms with Crippen molar-refractivity contribution in [1.82, 2.24) is 9.80 Å². The van der Waals surface area contributed by atoms with Gasteiger partial charge in [0.2, 0.25) is 6.41 Å². The van der Waals surface area contributed by atoms with Gasteiger partial charge >= 0.3 is 0 Å². The third kappa shape index (κ3) is 4.09. The van der Waals surface area contributed by atoms with E-state index in [2.05, 4.69) is 11.8 Å². The first-order chi connectivity index (χ1) is 6.86. The summed E-state index contributed by atoms with van der Waals surface area (Å²) in [6.45, 7) is 7.40. The topological polar surface area (TPSA) is 23.6 Å². The maximum Gasteiger partial charge on any atom is 0.209 e. The zero-order chi connectivity index (χ0) is 10.2. The van der Waals surface area contributed by atoms with Gasteiger partial charge in [0.25, 0.3) is 0 Å². The highest BCUT2D eigenvalue weighted by Gasteiger charge is 2.13. The van der Waals surface area contributed by atoms with Gasteiger partial charge in [-0.15, -0.1) is 0 Å². The fourth-order valence-corrected chi connectivity index (χ4v) is 1.85. The van der Waals surface area contributed by atoms with Crippen molar-refractivity contribution >= 4 is 6.41 Å². The molecule has 0 bridgehead atoms. The van der Waals surface area contributed by atoms with Gasteiger partial charge < -0.3 is 4.90 Å². The lowest BCUT2D eigenvalue weighted by molar-refractivity contribution is -0.119. The van der Waals surface area contributed by atoms with Gasteiger partial charge in [-0.1, -0.05) is 26.2 Å². The van der Waals surface area contributed by atoms with Crippen molar-refractivity contribution in [3.63, 3.8) is 0 Å². The molecule has 82 valence electrons. The highest BCUT2D eigenvalue weighted by molar-refractivity contribution is 5.47. The van der Waals surface area contributed by atoms with Crippen molar-refractivity contribution in [3.8, 4) is 0 Å². The van der Waals surface area contributed by atoms with Gasteiger partial charge in [-0.3, -0.25) is 9.69 Å². The Morgan fingerprint density at radius 3 is 2.36 bits per heavy atom. The van der Waals surface area contributed by atoms with E-state index in [-0.39, 0.29) is 0 Å². The third-order valence-corrected chi connectivity index (χ3v) is 2.88. The van der Waals surface area contributed by atoms with E-state index in [0.717, 1.165) is 32.6 Å². The van der Waals surface area contributed by atoms with E-state index in [1.54, 1.807) is 0 Å². The van der Waals surface area contributed by atoms with Crippen LogP contribution in [-0.2, 0) is 4.79 Å². The molecule has 14 heavy (non-hydrogen) atoms. The molecule has 1 aliphatic rings. The molecule has 0 atom stereocenters. The third-order valence-electron chi connectivity index (χ3n) is 2.88. The summed E-state index contributed by atoms with van der Waals surface area (Å²) < 4.78 is 0. The number of hydrogen-bond donors (Lipinski definition) is 0. The minimum absolute atomic E-state index is 0.914. The van der Waals surface area contributed by atoms with E-state index in [9.17, 15) is 4.79 Å². The van der Waals surface area contributed by atoms with Crippen molar-refractivity contribution in [2.75, 3.05) is 32.7 Å². The maximum absolute atomic E-state index is 10.5. The van der Waals surface area contributed by atoms with Gasteiger partial charge in [0.05, 0.1) is 0 Å². The van der Waals surface area contributed by atoms with Crippen LogP contribution in [0.15, 0.2) is 0 Å².